The van der Waals surface area contributed by atoms with E-state index >= 15 is 0 Å². The monoisotopic (exact) mass is 261 g/mol. The van der Waals surface area contributed by atoms with Gasteiger partial charge in [-0.15, -0.1) is 0 Å². The summed E-state index contributed by atoms with van der Waals surface area (Å²) in [7, 11) is -3.43. The van der Waals surface area contributed by atoms with Crippen LogP contribution in [-0.4, -0.2) is 37.8 Å². The Morgan fingerprint density at radius 3 is 2.59 bits per heavy atom. The molecule has 1 aromatic rings. The zero-order valence-electron chi connectivity index (χ0n) is 9.90. The van der Waals surface area contributed by atoms with Gasteiger partial charge in [0.15, 0.2) is 0 Å². The van der Waals surface area contributed by atoms with Crippen molar-refractivity contribution in [2.45, 2.75) is 13.8 Å². The summed E-state index contributed by atoms with van der Waals surface area (Å²) in [5, 5.41) is 2.77. The van der Waals surface area contributed by atoms with Gasteiger partial charge in [-0.1, -0.05) is 0 Å². The summed E-state index contributed by atoms with van der Waals surface area (Å²) in [6.07, 6.45) is 0.975. The van der Waals surface area contributed by atoms with Crippen LogP contribution in [0.2, 0.25) is 0 Å². The number of aromatic amines is 1. The Morgan fingerprint density at radius 1 is 1.41 bits per heavy atom. The highest BCUT2D eigenvalue weighted by molar-refractivity contribution is 7.85. The van der Waals surface area contributed by atoms with E-state index in [0.717, 1.165) is 6.26 Å². The zero-order valence-corrected chi connectivity index (χ0v) is 10.7. The fraction of sp³-hybridized carbons (Fsp3) is 0.556. The quantitative estimate of drug-likeness (QED) is 0.561. The molecule has 0 aliphatic carbocycles. The van der Waals surface area contributed by atoms with Gasteiger partial charge in [-0.25, -0.2) is 4.98 Å². The highest BCUT2D eigenvalue weighted by Gasteiger charge is 2.04. The second-order valence-electron chi connectivity index (χ2n) is 3.58. The van der Waals surface area contributed by atoms with Gasteiger partial charge in [0.05, 0.1) is 12.9 Å². The van der Waals surface area contributed by atoms with Crippen molar-refractivity contribution in [3.8, 4) is 0 Å². The van der Waals surface area contributed by atoms with E-state index in [1.807, 2.05) is 0 Å². The average molecular weight is 261 g/mol. The van der Waals surface area contributed by atoms with Crippen LogP contribution in [0.3, 0.4) is 0 Å². The van der Waals surface area contributed by atoms with E-state index in [0.29, 0.717) is 17.2 Å². The van der Waals surface area contributed by atoms with E-state index in [-0.39, 0.29) is 18.7 Å². The van der Waals surface area contributed by atoms with Gasteiger partial charge in [0, 0.05) is 17.8 Å². The summed E-state index contributed by atoms with van der Waals surface area (Å²) in [4.78, 5) is 18.0. The van der Waals surface area contributed by atoms with Crippen molar-refractivity contribution in [1.82, 2.24) is 9.97 Å². The van der Waals surface area contributed by atoms with E-state index < -0.39 is 10.1 Å². The lowest BCUT2D eigenvalue weighted by Gasteiger charge is -2.06. The van der Waals surface area contributed by atoms with Crippen LogP contribution in [0.5, 0.6) is 0 Å². The lowest BCUT2D eigenvalue weighted by Crippen LogP contribution is -2.19. The van der Waals surface area contributed by atoms with Crippen LogP contribution < -0.4 is 10.9 Å². The molecule has 0 aromatic carbocycles. The number of rotatable bonds is 5. The molecule has 0 radical (unpaired) electrons. The van der Waals surface area contributed by atoms with Gasteiger partial charge in [0.1, 0.15) is 0 Å². The molecule has 0 amide bonds. The van der Waals surface area contributed by atoms with E-state index in [9.17, 15) is 13.2 Å². The average Bonchev–Trinajstić information content (AvgIpc) is 2.19. The van der Waals surface area contributed by atoms with E-state index in [4.69, 9.17) is 0 Å². The van der Waals surface area contributed by atoms with Crippen LogP contribution in [0.15, 0.2) is 4.79 Å². The number of nitrogens with one attached hydrogen (secondary N) is 2. The van der Waals surface area contributed by atoms with Gasteiger partial charge in [0.2, 0.25) is 5.95 Å². The number of hydrogen-bond acceptors (Lipinski definition) is 6. The molecule has 8 heteroatoms. The number of aryl methyl sites for hydroxylation is 1. The smallest absolute Gasteiger partial charge is 0.264 e. The third-order valence-corrected chi connectivity index (χ3v) is 2.68. The van der Waals surface area contributed by atoms with Crippen LogP contribution >= 0.6 is 0 Å². The Balaban J connectivity index is 2.56. The van der Waals surface area contributed by atoms with Crippen molar-refractivity contribution in [2.24, 2.45) is 0 Å². The molecule has 96 valence electrons. The zero-order chi connectivity index (χ0) is 13.1. The summed E-state index contributed by atoms with van der Waals surface area (Å²) in [6, 6.07) is 0. The molecule has 7 nitrogen and oxygen atoms in total. The van der Waals surface area contributed by atoms with E-state index in [2.05, 4.69) is 19.5 Å². The highest BCUT2D eigenvalue weighted by atomic mass is 32.2. The number of nitrogens with zero attached hydrogens (tertiary/aromatic N) is 1. The number of hydrogen-bond donors (Lipinski definition) is 2. The molecule has 0 aliphatic heterocycles. The van der Waals surface area contributed by atoms with Gasteiger partial charge in [-0.2, -0.15) is 8.42 Å². The number of aromatic nitrogens is 2. The van der Waals surface area contributed by atoms with Crippen molar-refractivity contribution >= 4 is 16.1 Å². The van der Waals surface area contributed by atoms with Crippen molar-refractivity contribution in [1.29, 1.82) is 0 Å². The molecular weight excluding hydrogens is 246 g/mol. The summed E-state index contributed by atoms with van der Waals surface area (Å²) < 4.78 is 25.9. The molecule has 0 atom stereocenters. The molecule has 1 rings (SSSR count). The number of anilines is 1. The molecule has 0 spiro atoms. The summed E-state index contributed by atoms with van der Waals surface area (Å²) in [5.41, 5.74) is 0.965. The van der Waals surface area contributed by atoms with Crippen molar-refractivity contribution in [2.75, 3.05) is 24.7 Å². The maximum atomic E-state index is 11.4. The van der Waals surface area contributed by atoms with Gasteiger partial charge in [-0.3, -0.25) is 14.0 Å². The molecule has 0 unspecified atom stereocenters. The van der Waals surface area contributed by atoms with Gasteiger partial charge < -0.3 is 5.32 Å². The topological polar surface area (TPSA) is 101 Å². The van der Waals surface area contributed by atoms with Crippen LogP contribution in [0.4, 0.5) is 5.95 Å². The van der Waals surface area contributed by atoms with Crippen LogP contribution in [-0.2, 0) is 14.3 Å². The lowest BCUT2D eigenvalue weighted by atomic mass is 10.3. The first kappa shape index (κ1) is 13.7. The van der Waals surface area contributed by atoms with Crippen LogP contribution in [0.25, 0.3) is 0 Å². The summed E-state index contributed by atoms with van der Waals surface area (Å²) in [6.45, 7) is 3.62. The van der Waals surface area contributed by atoms with Gasteiger partial charge in [-0.05, 0) is 13.8 Å². The molecule has 0 saturated carbocycles. The Hall–Kier alpha value is -1.41. The molecule has 17 heavy (non-hydrogen) atoms. The number of H-pyrrole nitrogens is 1. The molecule has 0 saturated heterocycles. The maximum Gasteiger partial charge on any atom is 0.264 e. The Morgan fingerprint density at radius 2 is 2.06 bits per heavy atom. The van der Waals surface area contributed by atoms with Crippen LogP contribution in [0.1, 0.15) is 11.3 Å². The Bertz CT molecular complexity index is 550. The van der Waals surface area contributed by atoms with Crippen molar-refractivity contribution in [3.63, 3.8) is 0 Å². The highest BCUT2D eigenvalue weighted by Crippen LogP contribution is 2.00. The minimum absolute atomic E-state index is 0.0184. The van der Waals surface area contributed by atoms with E-state index in [1.54, 1.807) is 13.8 Å². The SMILES string of the molecule is Cc1nc(NCCOS(C)(=O)=O)[nH]c(=O)c1C. The largest absolute Gasteiger partial charge is 0.353 e. The molecule has 0 fully saturated rings. The predicted molar refractivity (Wildman–Crippen MR) is 63.6 cm³/mol. The molecule has 2 N–H and O–H groups in total. The standard InChI is InChI=1S/C9H15N3O4S/c1-6-7(2)11-9(12-8(6)13)10-4-5-16-17(3,14)15/h4-5H2,1-3H3,(H2,10,11,12,13). The van der Waals surface area contributed by atoms with E-state index in [1.165, 1.54) is 0 Å². The fourth-order valence-electron chi connectivity index (χ4n) is 1.09. The minimum Gasteiger partial charge on any atom is -0.353 e. The van der Waals surface area contributed by atoms with Gasteiger partial charge in [0.25, 0.3) is 15.7 Å². The maximum absolute atomic E-state index is 11.4. The predicted octanol–water partition coefficient (Wildman–Crippen LogP) is -0.225. The van der Waals surface area contributed by atoms with Crippen LogP contribution in [0, 0.1) is 13.8 Å². The Kier molecular flexibility index (Phi) is 4.24. The second kappa shape index (κ2) is 5.28. The molecule has 0 bridgehead atoms. The summed E-state index contributed by atoms with van der Waals surface area (Å²) in [5.74, 6) is 0.301. The third kappa shape index (κ3) is 4.53. The van der Waals surface area contributed by atoms with Crippen molar-refractivity contribution < 1.29 is 12.6 Å². The first-order valence-electron chi connectivity index (χ1n) is 4.95. The normalized spacial score (nSPS) is 11.5. The minimum atomic E-state index is -3.43. The lowest BCUT2D eigenvalue weighted by molar-refractivity contribution is 0.335. The Labute approximate surface area is 99.4 Å². The third-order valence-electron chi connectivity index (χ3n) is 2.09. The first-order chi connectivity index (χ1) is 7.79. The molecule has 1 aromatic heterocycles. The molecular formula is C9H15N3O4S. The first-order valence-corrected chi connectivity index (χ1v) is 6.77. The molecule has 0 aliphatic rings. The molecule has 1 heterocycles. The van der Waals surface area contributed by atoms with Gasteiger partial charge >= 0.3 is 0 Å². The summed E-state index contributed by atoms with van der Waals surface area (Å²) >= 11 is 0. The fourth-order valence-corrected chi connectivity index (χ4v) is 1.48. The van der Waals surface area contributed by atoms with Crippen molar-refractivity contribution in [3.05, 3.63) is 21.6 Å². The second-order valence-corrected chi connectivity index (χ2v) is 5.22.